The Labute approximate surface area is 190 Å². The number of likely N-dealkylation sites (N-methyl/N-ethyl adjacent to an activating group) is 1. The first-order valence-corrected chi connectivity index (χ1v) is 10.8. The topological polar surface area (TPSA) is 101 Å². The van der Waals surface area contributed by atoms with E-state index in [1.54, 1.807) is 10.9 Å². The van der Waals surface area contributed by atoms with Crippen molar-refractivity contribution < 1.29 is 32.9 Å². The normalized spacial score (nSPS) is 22.5. The highest BCUT2D eigenvalue weighted by Crippen LogP contribution is 2.23. The number of hydrogen-bond acceptors (Lipinski definition) is 7. The molecule has 182 valence electrons. The van der Waals surface area contributed by atoms with Crippen LogP contribution in [0.4, 0.5) is 13.2 Å². The third-order valence-electron chi connectivity index (χ3n) is 5.90. The number of nitrogens with zero attached hydrogens (tertiary/aromatic N) is 4. The standard InChI is InChI=1S/C22H29F3N4O4/c1-14-9-18(11-20(31)33-14)28(2)8-7-17-12-29(27-26-17)19(13-30)10-15-3-5-16(6-4-15)21(32)22(23,24)25/h3-6,12,14,18-20,30-31H,7-11,13H2,1-2H3/t14-,18+,19+,20-/m1/s1. The van der Waals surface area contributed by atoms with E-state index < -0.39 is 29.9 Å². The second-order valence-electron chi connectivity index (χ2n) is 8.51. The maximum Gasteiger partial charge on any atom is 0.454 e. The number of aliphatic hydroxyl groups is 2. The van der Waals surface area contributed by atoms with Crippen molar-refractivity contribution in [1.29, 1.82) is 0 Å². The van der Waals surface area contributed by atoms with Crippen molar-refractivity contribution in [3.8, 4) is 0 Å². The summed E-state index contributed by atoms with van der Waals surface area (Å²) < 4.78 is 44.6. The SMILES string of the molecule is C[C@@H]1C[C@H](N(C)CCc2cn([C@H](CO)Cc3ccc(C(=O)C(F)(F)F)cc3)nn2)C[C@H](O)O1. The Kier molecular flexibility index (Phi) is 8.22. The molecule has 3 rings (SSSR count). The number of aromatic nitrogens is 3. The molecule has 0 spiro atoms. The number of alkyl halides is 3. The Morgan fingerprint density at radius 2 is 2.00 bits per heavy atom. The molecule has 4 atom stereocenters. The fourth-order valence-electron chi connectivity index (χ4n) is 4.00. The van der Waals surface area contributed by atoms with Crippen molar-refractivity contribution in [3.63, 3.8) is 0 Å². The van der Waals surface area contributed by atoms with Crippen LogP contribution in [0.25, 0.3) is 0 Å². The van der Waals surface area contributed by atoms with Gasteiger partial charge in [0.05, 0.1) is 24.4 Å². The van der Waals surface area contributed by atoms with Crippen LogP contribution in [0.3, 0.4) is 0 Å². The van der Waals surface area contributed by atoms with Crippen molar-refractivity contribution in [2.45, 2.75) is 63.3 Å². The van der Waals surface area contributed by atoms with Gasteiger partial charge in [-0.2, -0.15) is 13.2 Å². The molecule has 0 aliphatic carbocycles. The van der Waals surface area contributed by atoms with E-state index in [4.69, 9.17) is 4.74 Å². The number of hydrogen-bond donors (Lipinski definition) is 2. The lowest BCUT2D eigenvalue weighted by atomic mass is 10.0. The average molecular weight is 470 g/mol. The lowest BCUT2D eigenvalue weighted by Crippen LogP contribution is -2.43. The minimum atomic E-state index is -4.91. The van der Waals surface area contributed by atoms with Crippen molar-refractivity contribution in [1.82, 2.24) is 19.9 Å². The first kappa shape index (κ1) is 25.3. The number of carbonyl (C=O) groups excluding carboxylic acids is 1. The van der Waals surface area contributed by atoms with Gasteiger partial charge >= 0.3 is 6.18 Å². The molecule has 1 aliphatic rings. The zero-order chi connectivity index (χ0) is 24.2. The Bertz CT molecular complexity index is 909. The number of ketones is 1. The molecule has 0 radical (unpaired) electrons. The first-order valence-electron chi connectivity index (χ1n) is 10.8. The van der Waals surface area contributed by atoms with Crippen LogP contribution in [-0.4, -0.2) is 80.7 Å². The van der Waals surface area contributed by atoms with Gasteiger partial charge in [-0.1, -0.05) is 29.5 Å². The Balaban J connectivity index is 1.56. The van der Waals surface area contributed by atoms with Crippen molar-refractivity contribution in [2.75, 3.05) is 20.2 Å². The summed E-state index contributed by atoms with van der Waals surface area (Å²) in [5.41, 5.74) is 0.981. The molecule has 0 bridgehead atoms. The van der Waals surface area contributed by atoms with E-state index in [1.807, 2.05) is 14.0 Å². The molecule has 0 unspecified atom stereocenters. The zero-order valence-electron chi connectivity index (χ0n) is 18.6. The lowest BCUT2D eigenvalue weighted by Gasteiger charge is -2.36. The second kappa shape index (κ2) is 10.7. The summed E-state index contributed by atoms with van der Waals surface area (Å²) in [5.74, 6) is -1.89. The molecular formula is C22H29F3N4O4. The van der Waals surface area contributed by atoms with Gasteiger partial charge in [-0.15, -0.1) is 5.10 Å². The van der Waals surface area contributed by atoms with E-state index in [2.05, 4.69) is 15.2 Å². The van der Waals surface area contributed by atoms with Gasteiger partial charge in [0.1, 0.15) is 0 Å². The van der Waals surface area contributed by atoms with Crippen LogP contribution < -0.4 is 0 Å². The van der Waals surface area contributed by atoms with E-state index in [1.165, 1.54) is 12.1 Å². The highest BCUT2D eigenvalue weighted by Gasteiger charge is 2.39. The summed E-state index contributed by atoms with van der Waals surface area (Å²) in [6, 6.07) is 4.91. The molecule has 1 saturated heterocycles. The fourth-order valence-corrected chi connectivity index (χ4v) is 4.00. The van der Waals surface area contributed by atoms with Crippen molar-refractivity contribution in [2.24, 2.45) is 0 Å². The molecule has 0 amide bonds. The highest BCUT2D eigenvalue weighted by atomic mass is 19.4. The monoisotopic (exact) mass is 470 g/mol. The van der Waals surface area contributed by atoms with Crippen LogP contribution in [-0.2, 0) is 17.6 Å². The molecule has 33 heavy (non-hydrogen) atoms. The Morgan fingerprint density at radius 1 is 1.30 bits per heavy atom. The van der Waals surface area contributed by atoms with Crippen LogP contribution in [0, 0.1) is 0 Å². The molecular weight excluding hydrogens is 441 g/mol. The van der Waals surface area contributed by atoms with Gasteiger partial charge in [0.2, 0.25) is 0 Å². The Hall–Kier alpha value is -2.34. The smallest absolute Gasteiger partial charge is 0.394 e. The van der Waals surface area contributed by atoms with Gasteiger partial charge in [-0.25, -0.2) is 4.68 Å². The summed E-state index contributed by atoms with van der Waals surface area (Å²) in [6.07, 6.45) is -1.60. The molecule has 2 N–H and O–H groups in total. The third kappa shape index (κ3) is 6.83. The predicted octanol–water partition coefficient (Wildman–Crippen LogP) is 2.16. The number of carbonyl (C=O) groups is 1. The molecule has 2 heterocycles. The van der Waals surface area contributed by atoms with Gasteiger partial charge in [-0.05, 0) is 32.4 Å². The number of benzene rings is 1. The van der Waals surface area contributed by atoms with Crippen LogP contribution in [0.15, 0.2) is 30.5 Å². The van der Waals surface area contributed by atoms with E-state index in [0.29, 0.717) is 31.4 Å². The summed E-state index contributed by atoms with van der Waals surface area (Å²) in [7, 11) is 1.99. The molecule has 1 aliphatic heterocycles. The van der Waals surface area contributed by atoms with E-state index >= 15 is 0 Å². The molecule has 1 fully saturated rings. The van der Waals surface area contributed by atoms with Crippen molar-refractivity contribution in [3.05, 3.63) is 47.3 Å². The van der Waals surface area contributed by atoms with E-state index in [0.717, 1.165) is 24.2 Å². The molecule has 1 aromatic heterocycles. The quantitative estimate of drug-likeness (QED) is 0.542. The zero-order valence-corrected chi connectivity index (χ0v) is 18.6. The number of rotatable bonds is 9. The number of aliphatic hydroxyl groups excluding tert-OH is 2. The van der Waals surface area contributed by atoms with Gasteiger partial charge in [-0.3, -0.25) is 4.79 Å². The van der Waals surface area contributed by atoms with Crippen LogP contribution >= 0.6 is 0 Å². The second-order valence-corrected chi connectivity index (χ2v) is 8.51. The van der Waals surface area contributed by atoms with E-state index in [9.17, 15) is 28.2 Å². The van der Waals surface area contributed by atoms with Gasteiger partial charge in [0, 0.05) is 37.2 Å². The minimum absolute atomic E-state index is 0.00645. The Morgan fingerprint density at radius 3 is 2.61 bits per heavy atom. The third-order valence-corrected chi connectivity index (χ3v) is 5.90. The molecule has 8 nitrogen and oxygen atoms in total. The maximum absolute atomic E-state index is 12.6. The molecule has 1 aromatic carbocycles. The van der Waals surface area contributed by atoms with Gasteiger partial charge in [0.25, 0.3) is 5.78 Å². The van der Waals surface area contributed by atoms with Crippen LogP contribution in [0.1, 0.15) is 47.4 Å². The van der Waals surface area contributed by atoms with Crippen LogP contribution in [0.5, 0.6) is 0 Å². The highest BCUT2D eigenvalue weighted by molar-refractivity contribution is 6.00. The first-order chi connectivity index (χ1) is 15.6. The largest absolute Gasteiger partial charge is 0.454 e. The van der Waals surface area contributed by atoms with Crippen molar-refractivity contribution >= 4 is 5.78 Å². The maximum atomic E-state index is 12.6. The van der Waals surface area contributed by atoms with Gasteiger partial charge < -0.3 is 19.8 Å². The number of ether oxygens (including phenoxy) is 1. The fraction of sp³-hybridized carbons (Fsp3) is 0.591. The summed E-state index contributed by atoms with van der Waals surface area (Å²) >= 11 is 0. The number of Topliss-reactive ketones (excluding diaryl/α,β-unsaturated/α-hetero) is 1. The molecule has 0 saturated carbocycles. The lowest BCUT2D eigenvalue weighted by molar-refractivity contribution is -0.173. The predicted molar refractivity (Wildman–Crippen MR) is 113 cm³/mol. The summed E-state index contributed by atoms with van der Waals surface area (Å²) in [5, 5.41) is 27.9. The number of halogens is 3. The van der Waals surface area contributed by atoms with Crippen LogP contribution in [0.2, 0.25) is 0 Å². The molecule has 11 heteroatoms. The van der Waals surface area contributed by atoms with E-state index in [-0.39, 0.29) is 18.8 Å². The summed E-state index contributed by atoms with van der Waals surface area (Å²) in [6.45, 7) is 2.41. The minimum Gasteiger partial charge on any atom is -0.394 e. The molecule has 2 aromatic rings. The van der Waals surface area contributed by atoms with Gasteiger partial charge in [0.15, 0.2) is 6.29 Å². The summed E-state index contributed by atoms with van der Waals surface area (Å²) in [4.78, 5) is 13.5. The average Bonchev–Trinajstić information content (AvgIpc) is 3.23.